The summed E-state index contributed by atoms with van der Waals surface area (Å²) in [4.78, 5) is 23.5. The maximum atomic E-state index is 12.8. The highest BCUT2D eigenvalue weighted by molar-refractivity contribution is 5.68. The topological polar surface area (TPSA) is 58.6 Å². The molecule has 0 N–H and O–H groups in total. The van der Waals surface area contributed by atoms with E-state index in [1.54, 1.807) is 4.90 Å². The summed E-state index contributed by atoms with van der Waals surface area (Å²) in [5.74, 6) is -0.0126. The second-order valence-corrected chi connectivity index (χ2v) is 6.18. The minimum absolute atomic E-state index is 0.1000. The summed E-state index contributed by atoms with van der Waals surface area (Å²) in [5, 5.41) is 0. The van der Waals surface area contributed by atoms with Crippen molar-refractivity contribution in [3.63, 3.8) is 0 Å². The molecule has 2 heterocycles. The van der Waals surface area contributed by atoms with Gasteiger partial charge in [0.1, 0.15) is 5.60 Å². The zero-order chi connectivity index (χ0) is 15.6. The zero-order valence-corrected chi connectivity index (χ0v) is 12.8. The number of aromatic nitrogens is 2. The third kappa shape index (κ3) is 4.03. The molecule has 0 radical (unpaired) electrons. The molecule has 1 aromatic heterocycles. The molecule has 1 aliphatic rings. The van der Waals surface area contributed by atoms with Crippen LogP contribution in [0, 0.1) is 5.82 Å². The van der Waals surface area contributed by atoms with Crippen molar-refractivity contribution >= 4 is 12.0 Å². The molecule has 21 heavy (non-hydrogen) atoms. The van der Waals surface area contributed by atoms with Crippen LogP contribution < -0.4 is 4.90 Å². The molecule has 1 aliphatic heterocycles. The summed E-state index contributed by atoms with van der Waals surface area (Å²) in [6, 6.07) is 0.1000. The van der Waals surface area contributed by atoms with Crippen LogP contribution in [-0.2, 0) is 4.74 Å². The number of nitrogens with zero attached hydrogens (tertiary/aromatic N) is 4. The van der Waals surface area contributed by atoms with Crippen molar-refractivity contribution < 1.29 is 13.9 Å². The van der Waals surface area contributed by atoms with Gasteiger partial charge in [-0.2, -0.15) is 0 Å². The Bertz CT molecular complexity index is 501. The van der Waals surface area contributed by atoms with E-state index in [1.165, 1.54) is 0 Å². The molecule has 6 nitrogen and oxygen atoms in total. The minimum Gasteiger partial charge on any atom is -0.444 e. The number of rotatable bonds is 2. The first-order chi connectivity index (χ1) is 9.76. The van der Waals surface area contributed by atoms with E-state index in [2.05, 4.69) is 9.97 Å². The molecule has 7 heteroatoms. The fourth-order valence-corrected chi connectivity index (χ4v) is 2.20. The number of ether oxygens (including phenoxy) is 1. The van der Waals surface area contributed by atoms with E-state index in [0.717, 1.165) is 18.8 Å². The van der Waals surface area contributed by atoms with Gasteiger partial charge in [-0.3, -0.25) is 0 Å². The largest absolute Gasteiger partial charge is 0.444 e. The van der Waals surface area contributed by atoms with Crippen LogP contribution in [0.4, 0.5) is 15.1 Å². The second kappa shape index (κ2) is 5.83. The fraction of sp³-hybridized carbons (Fsp3) is 0.643. The molecule has 1 aromatic rings. The van der Waals surface area contributed by atoms with Crippen molar-refractivity contribution in [3.8, 4) is 0 Å². The van der Waals surface area contributed by atoms with Gasteiger partial charge in [-0.05, 0) is 27.2 Å². The summed E-state index contributed by atoms with van der Waals surface area (Å²) in [5.41, 5.74) is -0.499. The lowest BCUT2D eigenvalue weighted by Gasteiger charge is -2.26. The normalized spacial score (nSPS) is 18.7. The van der Waals surface area contributed by atoms with Gasteiger partial charge in [0.05, 0.1) is 18.4 Å². The van der Waals surface area contributed by atoms with Gasteiger partial charge in [0.2, 0.25) is 5.95 Å². The van der Waals surface area contributed by atoms with E-state index in [1.807, 2.05) is 32.7 Å². The Balaban J connectivity index is 1.95. The number of halogens is 1. The highest BCUT2D eigenvalue weighted by Crippen LogP contribution is 2.20. The van der Waals surface area contributed by atoms with E-state index >= 15 is 0 Å². The van der Waals surface area contributed by atoms with E-state index in [0.29, 0.717) is 19.0 Å². The van der Waals surface area contributed by atoms with Crippen molar-refractivity contribution in [2.24, 2.45) is 0 Å². The van der Waals surface area contributed by atoms with Gasteiger partial charge in [0, 0.05) is 20.1 Å². The lowest BCUT2D eigenvalue weighted by molar-refractivity contribution is 0.0292. The van der Waals surface area contributed by atoms with Gasteiger partial charge in [-0.1, -0.05) is 0 Å². The first-order valence-electron chi connectivity index (χ1n) is 6.94. The Morgan fingerprint density at radius 3 is 2.62 bits per heavy atom. The van der Waals surface area contributed by atoms with E-state index in [4.69, 9.17) is 4.74 Å². The summed E-state index contributed by atoms with van der Waals surface area (Å²) in [6.07, 6.45) is 2.77. The van der Waals surface area contributed by atoms with Crippen molar-refractivity contribution in [2.45, 2.75) is 38.8 Å². The van der Waals surface area contributed by atoms with Crippen molar-refractivity contribution in [1.29, 1.82) is 0 Å². The number of hydrogen-bond donors (Lipinski definition) is 0. The monoisotopic (exact) mass is 296 g/mol. The van der Waals surface area contributed by atoms with E-state index < -0.39 is 11.4 Å². The van der Waals surface area contributed by atoms with Gasteiger partial charge in [0.25, 0.3) is 0 Å². The summed E-state index contributed by atoms with van der Waals surface area (Å²) in [7, 11) is 1.84. The average molecular weight is 296 g/mol. The molecule has 0 aromatic carbocycles. The van der Waals surface area contributed by atoms with Crippen LogP contribution in [0.3, 0.4) is 0 Å². The lowest BCUT2D eigenvalue weighted by atomic mass is 10.2. The van der Waals surface area contributed by atoms with Crippen LogP contribution in [0.25, 0.3) is 0 Å². The van der Waals surface area contributed by atoms with Gasteiger partial charge in [-0.25, -0.2) is 19.2 Å². The maximum Gasteiger partial charge on any atom is 0.410 e. The van der Waals surface area contributed by atoms with Gasteiger partial charge >= 0.3 is 6.09 Å². The molecule has 1 saturated heterocycles. The molecular weight excluding hydrogens is 275 g/mol. The molecular formula is C14H21FN4O2. The summed E-state index contributed by atoms with van der Waals surface area (Å²) < 4.78 is 18.2. The van der Waals surface area contributed by atoms with Crippen LogP contribution in [0.15, 0.2) is 12.4 Å². The Hall–Kier alpha value is -1.92. The number of hydrogen-bond acceptors (Lipinski definition) is 5. The van der Waals surface area contributed by atoms with Crippen molar-refractivity contribution in [3.05, 3.63) is 18.2 Å². The van der Waals surface area contributed by atoms with Crippen LogP contribution in [-0.4, -0.2) is 52.7 Å². The minimum atomic E-state index is -0.499. The van der Waals surface area contributed by atoms with Crippen molar-refractivity contribution in [2.75, 3.05) is 25.0 Å². The molecule has 0 bridgehead atoms. The molecule has 0 unspecified atom stereocenters. The van der Waals surface area contributed by atoms with Crippen LogP contribution in [0.1, 0.15) is 27.2 Å². The second-order valence-electron chi connectivity index (χ2n) is 6.18. The van der Waals surface area contributed by atoms with E-state index in [9.17, 15) is 9.18 Å². The molecule has 0 spiro atoms. The van der Waals surface area contributed by atoms with Gasteiger partial charge in [0.15, 0.2) is 5.82 Å². The quantitative estimate of drug-likeness (QED) is 0.836. The zero-order valence-electron chi connectivity index (χ0n) is 12.8. The van der Waals surface area contributed by atoms with Gasteiger partial charge in [-0.15, -0.1) is 0 Å². The number of likely N-dealkylation sites (N-methyl/N-ethyl adjacent to an activating group) is 1. The molecule has 1 atom stereocenters. The van der Waals surface area contributed by atoms with Crippen LogP contribution >= 0.6 is 0 Å². The fourth-order valence-electron chi connectivity index (χ4n) is 2.20. The van der Waals surface area contributed by atoms with Crippen molar-refractivity contribution in [1.82, 2.24) is 14.9 Å². The molecule has 2 rings (SSSR count). The Labute approximate surface area is 123 Å². The Morgan fingerprint density at radius 1 is 1.43 bits per heavy atom. The first-order valence-corrected chi connectivity index (χ1v) is 6.94. The predicted octanol–water partition coefficient (Wildman–Crippen LogP) is 2.06. The highest BCUT2D eigenvalue weighted by Gasteiger charge is 2.32. The van der Waals surface area contributed by atoms with E-state index in [-0.39, 0.29) is 12.1 Å². The van der Waals surface area contributed by atoms with Crippen LogP contribution in [0.5, 0.6) is 0 Å². The molecule has 0 aliphatic carbocycles. The third-order valence-corrected chi connectivity index (χ3v) is 3.28. The highest BCUT2D eigenvalue weighted by atomic mass is 19.1. The maximum absolute atomic E-state index is 12.8. The number of amides is 1. The first kappa shape index (κ1) is 15.5. The standard InChI is InChI=1S/C14H21FN4O2/c1-14(2,3)21-13(20)19-6-5-11(9-19)18(4)12-16-7-10(15)8-17-12/h7-8,11H,5-6,9H2,1-4H3/t11-/m1/s1. The number of carbonyl (C=O) groups is 1. The number of likely N-dealkylation sites (tertiary alicyclic amines) is 1. The number of anilines is 1. The summed E-state index contributed by atoms with van der Waals surface area (Å²) >= 11 is 0. The summed E-state index contributed by atoms with van der Waals surface area (Å²) in [6.45, 7) is 6.71. The van der Waals surface area contributed by atoms with Crippen LogP contribution in [0.2, 0.25) is 0 Å². The Morgan fingerprint density at radius 2 is 2.05 bits per heavy atom. The SMILES string of the molecule is CN(c1ncc(F)cn1)[C@@H]1CCN(C(=O)OC(C)(C)C)C1. The lowest BCUT2D eigenvalue weighted by Crippen LogP contribution is -2.39. The molecule has 0 saturated carbocycles. The Kier molecular flexibility index (Phi) is 4.29. The van der Waals surface area contributed by atoms with Gasteiger partial charge < -0.3 is 14.5 Å². The molecule has 116 valence electrons. The molecule has 1 fully saturated rings. The average Bonchev–Trinajstić information content (AvgIpc) is 2.86. The third-order valence-electron chi connectivity index (χ3n) is 3.28. The molecule has 1 amide bonds. The smallest absolute Gasteiger partial charge is 0.410 e. The number of carbonyl (C=O) groups excluding carboxylic acids is 1. The predicted molar refractivity (Wildman–Crippen MR) is 76.6 cm³/mol.